The summed E-state index contributed by atoms with van der Waals surface area (Å²) in [6.45, 7) is 6.69. The Morgan fingerprint density at radius 2 is 1.84 bits per heavy atom. The second-order valence-corrected chi connectivity index (χ2v) is 5.73. The van der Waals surface area contributed by atoms with Crippen LogP contribution in [-0.4, -0.2) is 30.9 Å². The molecule has 0 aliphatic rings. The van der Waals surface area contributed by atoms with Crippen molar-refractivity contribution in [3.05, 3.63) is 54.9 Å². The SMILES string of the molecule is C=CCN(CC=C)S(=O)(=O)c1cc(CO)ccc1F. The molecule has 0 spiro atoms. The zero-order valence-corrected chi connectivity index (χ0v) is 11.2. The first kappa shape index (κ1) is 15.6. The van der Waals surface area contributed by atoms with Gasteiger partial charge >= 0.3 is 0 Å². The molecule has 0 saturated heterocycles. The first-order valence-corrected chi connectivity index (χ1v) is 7.02. The lowest BCUT2D eigenvalue weighted by molar-refractivity contribution is 0.281. The van der Waals surface area contributed by atoms with Crippen molar-refractivity contribution in [3.8, 4) is 0 Å². The topological polar surface area (TPSA) is 57.6 Å². The van der Waals surface area contributed by atoms with Crippen molar-refractivity contribution in [2.45, 2.75) is 11.5 Å². The van der Waals surface area contributed by atoms with Crippen LogP contribution in [0.25, 0.3) is 0 Å². The second kappa shape index (κ2) is 6.60. The van der Waals surface area contributed by atoms with Gasteiger partial charge in [0.25, 0.3) is 0 Å². The summed E-state index contributed by atoms with van der Waals surface area (Å²) in [7, 11) is -3.98. The Labute approximate surface area is 112 Å². The van der Waals surface area contributed by atoms with Crippen molar-refractivity contribution in [2.75, 3.05) is 13.1 Å². The fourth-order valence-corrected chi connectivity index (χ4v) is 3.04. The summed E-state index contributed by atoms with van der Waals surface area (Å²) in [6.07, 6.45) is 2.82. The highest BCUT2D eigenvalue weighted by atomic mass is 32.2. The Morgan fingerprint density at radius 1 is 1.26 bits per heavy atom. The van der Waals surface area contributed by atoms with Crippen LogP contribution >= 0.6 is 0 Å². The average Bonchev–Trinajstić information content (AvgIpc) is 2.39. The van der Waals surface area contributed by atoms with E-state index in [1.54, 1.807) is 0 Å². The third-order valence-electron chi connectivity index (χ3n) is 2.46. The third kappa shape index (κ3) is 3.50. The number of hydrogen-bond acceptors (Lipinski definition) is 3. The smallest absolute Gasteiger partial charge is 0.246 e. The summed E-state index contributed by atoms with van der Waals surface area (Å²) in [5, 5.41) is 9.00. The van der Waals surface area contributed by atoms with Crippen LogP contribution < -0.4 is 0 Å². The molecule has 1 aromatic carbocycles. The van der Waals surface area contributed by atoms with Crippen molar-refractivity contribution >= 4 is 10.0 Å². The van der Waals surface area contributed by atoms with E-state index >= 15 is 0 Å². The highest BCUT2D eigenvalue weighted by molar-refractivity contribution is 7.89. The molecule has 0 heterocycles. The molecular weight excluding hydrogens is 269 g/mol. The van der Waals surface area contributed by atoms with E-state index in [-0.39, 0.29) is 19.7 Å². The first-order valence-electron chi connectivity index (χ1n) is 5.58. The third-order valence-corrected chi connectivity index (χ3v) is 4.31. The van der Waals surface area contributed by atoms with E-state index in [1.165, 1.54) is 18.2 Å². The van der Waals surface area contributed by atoms with Crippen LogP contribution in [0.1, 0.15) is 5.56 Å². The standard InChI is InChI=1S/C13H16FNO3S/c1-3-7-15(8-4-2)19(17,18)13-9-11(10-16)5-6-12(13)14/h3-6,9,16H,1-2,7-8,10H2. The number of benzene rings is 1. The van der Waals surface area contributed by atoms with Gasteiger partial charge in [0.1, 0.15) is 10.7 Å². The minimum atomic E-state index is -3.98. The molecule has 19 heavy (non-hydrogen) atoms. The summed E-state index contributed by atoms with van der Waals surface area (Å²) in [5.41, 5.74) is 0.331. The number of rotatable bonds is 7. The quantitative estimate of drug-likeness (QED) is 0.775. The monoisotopic (exact) mass is 285 g/mol. The number of hydrogen-bond donors (Lipinski definition) is 1. The Kier molecular flexibility index (Phi) is 5.41. The molecule has 0 aliphatic carbocycles. The normalized spacial score (nSPS) is 11.5. The molecule has 4 nitrogen and oxygen atoms in total. The molecular formula is C13H16FNO3S. The predicted octanol–water partition coefficient (Wildman–Crippen LogP) is 1.68. The molecule has 0 amide bonds. The van der Waals surface area contributed by atoms with Crippen molar-refractivity contribution in [1.29, 1.82) is 0 Å². The Morgan fingerprint density at radius 3 is 2.32 bits per heavy atom. The fraction of sp³-hybridized carbons (Fsp3) is 0.231. The van der Waals surface area contributed by atoms with Crippen molar-refractivity contribution in [1.82, 2.24) is 4.31 Å². The summed E-state index contributed by atoms with van der Waals surface area (Å²) in [6, 6.07) is 3.49. The molecule has 0 fully saturated rings. The van der Waals surface area contributed by atoms with E-state index in [9.17, 15) is 12.8 Å². The molecule has 1 aromatic rings. The zero-order valence-electron chi connectivity index (χ0n) is 10.4. The maximum absolute atomic E-state index is 13.7. The van der Waals surface area contributed by atoms with Gasteiger partial charge in [-0.3, -0.25) is 0 Å². The largest absolute Gasteiger partial charge is 0.392 e. The van der Waals surface area contributed by atoms with Crippen LogP contribution in [0.2, 0.25) is 0 Å². The summed E-state index contributed by atoms with van der Waals surface area (Å²) in [4.78, 5) is -0.456. The summed E-state index contributed by atoms with van der Waals surface area (Å²) in [5.74, 6) is -0.852. The van der Waals surface area contributed by atoms with Gasteiger partial charge in [-0.25, -0.2) is 12.8 Å². The lowest BCUT2D eigenvalue weighted by Gasteiger charge is -2.19. The molecule has 1 rings (SSSR count). The molecule has 0 unspecified atom stereocenters. The summed E-state index contributed by atoms with van der Waals surface area (Å²) >= 11 is 0. The number of aliphatic hydroxyl groups excluding tert-OH is 1. The molecule has 0 radical (unpaired) electrons. The molecule has 0 aliphatic heterocycles. The van der Waals surface area contributed by atoms with Crippen LogP contribution in [0.15, 0.2) is 48.4 Å². The molecule has 0 saturated carbocycles. The maximum Gasteiger partial charge on any atom is 0.246 e. The van der Waals surface area contributed by atoms with Gasteiger partial charge < -0.3 is 5.11 Å². The minimum absolute atomic E-state index is 0.0527. The van der Waals surface area contributed by atoms with Gasteiger partial charge in [0.15, 0.2) is 0 Å². The van der Waals surface area contributed by atoms with Gasteiger partial charge in [0, 0.05) is 13.1 Å². The molecule has 1 N–H and O–H groups in total. The number of nitrogens with zero attached hydrogens (tertiary/aromatic N) is 1. The van der Waals surface area contributed by atoms with Gasteiger partial charge in [0.2, 0.25) is 10.0 Å². The minimum Gasteiger partial charge on any atom is -0.392 e. The average molecular weight is 285 g/mol. The van der Waals surface area contributed by atoms with Gasteiger partial charge in [-0.2, -0.15) is 4.31 Å². The summed E-state index contributed by atoms with van der Waals surface area (Å²) < 4.78 is 39.4. The van der Waals surface area contributed by atoms with Crippen LogP contribution in [0, 0.1) is 5.82 Å². The molecule has 104 valence electrons. The van der Waals surface area contributed by atoms with Crippen molar-refractivity contribution < 1.29 is 17.9 Å². The fourth-order valence-electron chi connectivity index (χ4n) is 1.54. The van der Waals surface area contributed by atoms with Crippen LogP contribution in [0.5, 0.6) is 0 Å². The van der Waals surface area contributed by atoms with E-state index in [1.807, 2.05) is 0 Å². The molecule has 0 aromatic heterocycles. The zero-order chi connectivity index (χ0) is 14.5. The molecule has 0 atom stereocenters. The van der Waals surface area contributed by atoms with Gasteiger partial charge in [0.05, 0.1) is 6.61 Å². The second-order valence-electron chi connectivity index (χ2n) is 3.82. The van der Waals surface area contributed by atoms with Gasteiger partial charge in [-0.15, -0.1) is 13.2 Å². The van der Waals surface area contributed by atoms with Gasteiger partial charge in [-0.1, -0.05) is 18.2 Å². The van der Waals surface area contributed by atoms with Crippen LogP contribution in [0.3, 0.4) is 0 Å². The van der Waals surface area contributed by atoms with E-state index < -0.39 is 20.7 Å². The lowest BCUT2D eigenvalue weighted by Crippen LogP contribution is -2.32. The lowest BCUT2D eigenvalue weighted by atomic mass is 10.2. The molecule has 6 heteroatoms. The Hall–Kier alpha value is -1.50. The molecule has 0 bridgehead atoms. The van der Waals surface area contributed by atoms with E-state index in [0.717, 1.165) is 16.4 Å². The van der Waals surface area contributed by atoms with Crippen molar-refractivity contribution in [2.24, 2.45) is 0 Å². The van der Waals surface area contributed by atoms with Gasteiger partial charge in [-0.05, 0) is 17.7 Å². The van der Waals surface area contributed by atoms with Crippen LogP contribution in [0.4, 0.5) is 4.39 Å². The predicted molar refractivity (Wildman–Crippen MR) is 71.5 cm³/mol. The Balaban J connectivity index is 3.31. The highest BCUT2D eigenvalue weighted by Gasteiger charge is 2.26. The highest BCUT2D eigenvalue weighted by Crippen LogP contribution is 2.21. The van der Waals surface area contributed by atoms with Crippen LogP contribution in [-0.2, 0) is 16.6 Å². The first-order chi connectivity index (χ1) is 8.97. The van der Waals surface area contributed by atoms with Crippen molar-refractivity contribution in [3.63, 3.8) is 0 Å². The van der Waals surface area contributed by atoms with E-state index in [0.29, 0.717) is 5.56 Å². The van der Waals surface area contributed by atoms with E-state index in [4.69, 9.17) is 5.11 Å². The Bertz CT molecular complexity index is 559. The number of sulfonamides is 1. The number of halogens is 1. The van der Waals surface area contributed by atoms with E-state index in [2.05, 4.69) is 13.2 Å². The number of aliphatic hydroxyl groups is 1. The maximum atomic E-state index is 13.7.